The molecule has 2 aromatic heterocycles. The zero-order valence-electron chi connectivity index (χ0n) is 20.9. The van der Waals surface area contributed by atoms with E-state index in [0.29, 0.717) is 36.3 Å². The maximum absolute atomic E-state index is 12.7. The van der Waals surface area contributed by atoms with Gasteiger partial charge in [0.25, 0.3) is 5.91 Å². The summed E-state index contributed by atoms with van der Waals surface area (Å²) in [7, 11) is 0. The first-order valence-electron chi connectivity index (χ1n) is 12.9. The maximum atomic E-state index is 12.7. The molecule has 3 aromatic rings. The highest BCUT2D eigenvalue weighted by Crippen LogP contribution is 2.24. The van der Waals surface area contributed by atoms with E-state index in [2.05, 4.69) is 43.0 Å². The van der Waals surface area contributed by atoms with Crippen molar-refractivity contribution in [1.82, 2.24) is 25.5 Å². The molecule has 1 fully saturated rings. The molecule has 37 heavy (non-hydrogen) atoms. The van der Waals surface area contributed by atoms with E-state index in [4.69, 9.17) is 9.15 Å². The van der Waals surface area contributed by atoms with E-state index < -0.39 is 6.10 Å². The van der Waals surface area contributed by atoms with Gasteiger partial charge in [0.1, 0.15) is 18.2 Å². The van der Waals surface area contributed by atoms with Crippen LogP contribution in [0.25, 0.3) is 0 Å². The number of hydrogen-bond donors (Lipinski definition) is 4. The van der Waals surface area contributed by atoms with Crippen LogP contribution in [-0.4, -0.2) is 70.8 Å². The number of anilines is 1. The predicted octanol–water partition coefficient (Wildman–Crippen LogP) is 1.96. The molecular formula is C27H34N6O4. The molecule has 2 aliphatic heterocycles. The molecule has 1 saturated heterocycles. The van der Waals surface area contributed by atoms with Crippen LogP contribution < -0.4 is 20.7 Å². The van der Waals surface area contributed by atoms with Gasteiger partial charge in [-0.2, -0.15) is 0 Å². The molecule has 0 spiro atoms. The highest BCUT2D eigenvalue weighted by atomic mass is 16.5. The Morgan fingerprint density at radius 3 is 3.08 bits per heavy atom. The average molecular weight is 507 g/mol. The normalized spacial score (nSPS) is 18.6. The summed E-state index contributed by atoms with van der Waals surface area (Å²) in [6.07, 6.45) is 7.09. The molecule has 2 atom stereocenters. The van der Waals surface area contributed by atoms with Crippen LogP contribution in [-0.2, 0) is 19.6 Å². The molecule has 1 aromatic carbocycles. The lowest BCUT2D eigenvalue weighted by atomic mass is 9.99. The van der Waals surface area contributed by atoms with Gasteiger partial charge in [0, 0.05) is 50.5 Å². The van der Waals surface area contributed by atoms with Crippen molar-refractivity contribution in [3.8, 4) is 5.75 Å². The Morgan fingerprint density at radius 1 is 1.30 bits per heavy atom. The first-order chi connectivity index (χ1) is 18.1. The summed E-state index contributed by atoms with van der Waals surface area (Å²) < 4.78 is 11.0. The van der Waals surface area contributed by atoms with E-state index >= 15 is 0 Å². The standard InChI is InChI=1S/C27H34N6O4/c34-23(13-31-27(35)20-5-8-30-26(11-20)32-22-2-1-7-28-12-22)16-33-9-6-19-10-24(4-3-21(19)15-33)36-17-25-14-29-18-37-25/h3-5,8,10-11,14,18,22-23,28,34H,1-2,6-7,9,12-13,15-17H2,(H,30,32)(H,31,35)/t22?,23-/m0/s1. The minimum Gasteiger partial charge on any atom is -0.486 e. The molecule has 0 bridgehead atoms. The van der Waals surface area contributed by atoms with E-state index in [-0.39, 0.29) is 12.5 Å². The van der Waals surface area contributed by atoms with E-state index in [1.165, 1.54) is 17.5 Å². The Kier molecular flexibility index (Phi) is 8.29. The molecule has 4 N–H and O–H groups in total. The zero-order valence-corrected chi connectivity index (χ0v) is 20.9. The van der Waals surface area contributed by atoms with Gasteiger partial charge in [0.2, 0.25) is 0 Å². The Balaban J connectivity index is 1.07. The largest absolute Gasteiger partial charge is 0.486 e. The second-order valence-corrected chi connectivity index (χ2v) is 9.65. The number of aromatic nitrogens is 2. The van der Waals surface area contributed by atoms with Gasteiger partial charge >= 0.3 is 0 Å². The fraction of sp³-hybridized carbons (Fsp3) is 0.444. The van der Waals surface area contributed by atoms with Gasteiger partial charge in [-0.25, -0.2) is 9.97 Å². The smallest absolute Gasteiger partial charge is 0.251 e. The Morgan fingerprint density at radius 2 is 2.24 bits per heavy atom. The molecule has 0 saturated carbocycles. The number of aliphatic hydroxyl groups is 1. The lowest BCUT2D eigenvalue weighted by Crippen LogP contribution is -2.42. The van der Waals surface area contributed by atoms with Crippen molar-refractivity contribution < 1.29 is 19.1 Å². The average Bonchev–Trinajstić information content (AvgIpc) is 3.45. The van der Waals surface area contributed by atoms with Crippen LogP contribution >= 0.6 is 0 Å². The number of carbonyl (C=O) groups is 1. The fourth-order valence-corrected chi connectivity index (χ4v) is 4.81. The second-order valence-electron chi connectivity index (χ2n) is 9.65. The number of β-amino-alcohol motifs (C(OH)–C–C–N with tert-alkyl or cyclic N) is 1. The number of piperidine rings is 1. The number of aliphatic hydroxyl groups excluding tert-OH is 1. The summed E-state index contributed by atoms with van der Waals surface area (Å²) in [5.41, 5.74) is 3.00. The molecule has 1 unspecified atom stereocenters. The van der Waals surface area contributed by atoms with Gasteiger partial charge < -0.3 is 30.2 Å². The van der Waals surface area contributed by atoms with Crippen molar-refractivity contribution in [3.63, 3.8) is 0 Å². The molecule has 0 aliphatic carbocycles. The number of nitrogens with zero attached hydrogens (tertiary/aromatic N) is 3. The number of nitrogens with one attached hydrogen (secondary N) is 3. The number of rotatable bonds is 10. The monoisotopic (exact) mass is 506 g/mol. The van der Waals surface area contributed by atoms with Gasteiger partial charge in [-0.1, -0.05) is 6.07 Å². The Labute approximate surface area is 216 Å². The predicted molar refractivity (Wildman–Crippen MR) is 138 cm³/mol. The quantitative estimate of drug-likeness (QED) is 0.327. The molecule has 10 heteroatoms. The lowest BCUT2D eigenvalue weighted by Gasteiger charge is -2.30. The van der Waals surface area contributed by atoms with Crippen LogP contribution in [0.3, 0.4) is 0 Å². The van der Waals surface area contributed by atoms with E-state index in [1.807, 2.05) is 6.07 Å². The minimum atomic E-state index is -0.664. The van der Waals surface area contributed by atoms with Gasteiger partial charge in [-0.15, -0.1) is 0 Å². The summed E-state index contributed by atoms with van der Waals surface area (Å²) in [5.74, 6) is 1.97. The van der Waals surface area contributed by atoms with Crippen molar-refractivity contribution in [3.05, 3.63) is 71.6 Å². The van der Waals surface area contributed by atoms with Crippen LogP contribution in [0.2, 0.25) is 0 Å². The summed E-state index contributed by atoms with van der Waals surface area (Å²) in [6.45, 7) is 4.54. The molecule has 0 radical (unpaired) electrons. The zero-order chi connectivity index (χ0) is 25.5. The number of fused-ring (bicyclic) bond motifs is 1. The van der Waals surface area contributed by atoms with Crippen LogP contribution in [0.5, 0.6) is 5.75 Å². The fourth-order valence-electron chi connectivity index (χ4n) is 4.81. The summed E-state index contributed by atoms with van der Waals surface area (Å²) in [6, 6.07) is 9.87. The van der Waals surface area contributed by atoms with E-state index in [9.17, 15) is 9.90 Å². The maximum Gasteiger partial charge on any atom is 0.251 e. The van der Waals surface area contributed by atoms with Crippen molar-refractivity contribution in [1.29, 1.82) is 0 Å². The van der Waals surface area contributed by atoms with Gasteiger partial charge in [0.15, 0.2) is 12.2 Å². The molecule has 4 heterocycles. The van der Waals surface area contributed by atoms with Crippen molar-refractivity contribution in [2.24, 2.45) is 0 Å². The number of benzene rings is 1. The molecular weight excluding hydrogens is 472 g/mol. The number of amides is 1. The first-order valence-corrected chi connectivity index (χ1v) is 12.9. The van der Waals surface area contributed by atoms with E-state index in [0.717, 1.165) is 51.2 Å². The minimum absolute atomic E-state index is 0.189. The SMILES string of the molecule is O=C(NC[C@H](O)CN1CCc2cc(OCc3cnco3)ccc2C1)c1ccnc(NC2CCCNC2)c1. The third kappa shape index (κ3) is 7.06. The number of carbonyl (C=O) groups excluding carboxylic acids is 1. The number of oxazole rings is 1. The third-order valence-corrected chi connectivity index (χ3v) is 6.77. The van der Waals surface area contributed by atoms with Crippen LogP contribution in [0.1, 0.15) is 40.1 Å². The van der Waals surface area contributed by atoms with Crippen LogP contribution in [0.15, 0.2) is 53.5 Å². The van der Waals surface area contributed by atoms with Crippen molar-refractivity contribution >= 4 is 11.7 Å². The highest BCUT2D eigenvalue weighted by Gasteiger charge is 2.20. The third-order valence-electron chi connectivity index (χ3n) is 6.77. The topological polar surface area (TPSA) is 125 Å². The number of ether oxygens (including phenoxy) is 1. The summed E-state index contributed by atoms with van der Waals surface area (Å²) in [5, 5.41) is 20.2. The molecule has 10 nitrogen and oxygen atoms in total. The van der Waals surface area contributed by atoms with Crippen LogP contribution in [0.4, 0.5) is 5.82 Å². The van der Waals surface area contributed by atoms with Crippen LogP contribution in [0, 0.1) is 0 Å². The number of pyridine rings is 1. The molecule has 2 aliphatic rings. The molecule has 196 valence electrons. The lowest BCUT2D eigenvalue weighted by molar-refractivity contribution is 0.0841. The Hall–Kier alpha value is -3.47. The summed E-state index contributed by atoms with van der Waals surface area (Å²) >= 11 is 0. The first kappa shape index (κ1) is 25.2. The highest BCUT2D eigenvalue weighted by molar-refractivity contribution is 5.94. The van der Waals surface area contributed by atoms with Gasteiger partial charge in [-0.05, 0) is 61.2 Å². The van der Waals surface area contributed by atoms with Gasteiger partial charge in [-0.3, -0.25) is 9.69 Å². The number of hydrogen-bond acceptors (Lipinski definition) is 9. The Bertz CT molecular complexity index is 1170. The van der Waals surface area contributed by atoms with Crippen molar-refractivity contribution in [2.75, 3.05) is 38.0 Å². The van der Waals surface area contributed by atoms with Gasteiger partial charge in [0.05, 0.1) is 12.3 Å². The van der Waals surface area contributed by atoms with E-state index in [1.54, 1.807) is 24.5 Å². The second kappa shape index (κ2) is 12.2. The summed E-state index contributed by atoms with van der Waals surface area (Å²) in [4.78, 5) is 23.1. The molecule has 1 amide bonds. The molecule has 5 rings (SSSR count). The van der Waals surface area contributed by atoms with Crippen molar-refractivity contribution in [2.45, 2.75) is 44.6 Å².